The third-order valence-corrected chi connectivity index (χ3v) is 3.78. The second kappa shape index (κ2) is 6.45. The third kappa shape index (κ3) is 3.05. The quantitative estimate of drug-likeness (QED) is 0.583. The van der Waals surface area contributed by atoms with E-state index in [-0.39, 0.29) is 17.2 Å². The number of hydrogen-bond acceptors (Lipinski definition) is 6. The number of carbonyl (C=O) groups excluding carboxylic acids is 1. The van der Waals surface area contributed by atoms with Crippen molar-refractivity contribution in [2.75, 3.05) is 0 Å². The minimum Gasteiger partial charge on any atom is -0.504 e. The van der Waals surface area contributed by atoms with E-state index in [4.69, 9.17) is 0 Å². The predicted molar refractivity (Wildman–Crippen MR) is 92.5 cm³/mol. The lowest BCUT2D eigenvalue weighted by molar-refractivity contribution is -0.113. The standard InChI is InChI=1S/C19H13NO5/c21-15-7-5-11(9-17(15)23)19(12-6-8-16(22)18(24)10-12)13-3-1-2-4-14(13)20-25/h1-10,21,23-24H/b19-12+. The van der Waals surface area contributed by atoms with Crippen molar-refractivity contribution >= 4 is 17.0 Å². The number of aliphatic hydroxyl groups is 1. The van der Waals surface area contributed by atoms with Gasteiger partial charge in [0.1, 0.15) is 5.69 Å². The number of aromatic hydroxyl groups is 2. The molecule has 0 spiro atoms. The van der Waals surface area contributed by atoms with Crippen LogP contribution < -0.4 is 0 Å². The summed E-state index contributed by atoms with van der Waals surface area (Å²) in [5.41, 5.74) is 2.03. The summed E-state index contributed by atoms with van der Waals surface area (Å²) in [6, 6.07) is 10.8. The van der Waals surface area contributed by atoms with E-state index in [0.29, 0.717) is 22.3 Å². The van der Waals surface area contributed by atoms with Gasteiger partial charge in [-0.15, -0.1) is 4.91 Å². The number of aliphatic hydroxyl groups excluding tert-OH is 1. The molecular weight excluding hydrogens is 322 g/mol. The lowest BCUT2D eigenvalue weighted by Gasteiger charge is -2.15. The molecule has 3 rings (SSSR count). The lowest BCUT2D eigenvalue weighted by atomic mass is 9.89. The van der Waals surface area contributed by atoms with Gasteiger partial charge in [0, 0.05) is 5.56 Å². The summed E-state index contributed by atoms with van der Waals surface area (Å²) in [4.78, 5) is 22.7. The van der Waals surface area contributed by atoms with Crippen molar-refractivity contribution < 1.29 is 20.1 Å². The summed E-state index contributed by atoms with van der Waals surface area (Å²) in [7, 11) is 0. The molecule has 0 amide bonds. The van der Waals surface area contributed by atoms with Crippen molar-refractivity contribution in [3.8, 4) is 11.5 Å². The van der Waals surface area contributed by atoms with Crippen LogP contribution in [0.3, 0.4) is 0 Å². The van der Waals surface area contributed by atoms with Crippen LogP contribution in [0.1, 0.15) is 11.1 Å². The number of benzene rings is 2. The van der Waals surface area contributed by atoms with Crippen LogP contribution in [-0.2, 0) is 4.79 Å². The summed E-state index contributed by atoms with van der Waals surface area (Å²) < 4.78 is 0. The second-order valence-corrected chi connectivity index (χ2v) is 5.37. The molecule has 0 aromatic heterocycles. The molecule has 0 aliphatic heterocycles. The van der Waals surface area contributed by atoms with Gasteiger partial charge in [0.25, 0.3) is 0 Å². The molecule has 0 bridgehead atoms. The van der Waals surface area contributed by atoms with Gasteiger partial charge >= 0.3 is 0 Å². The van der Waals surface area contributed by atoms with E-state index in [0.717, 1.165) is 0 Å². The fourth-order valence-electron chi connectivity index (χ4n) is 2.59. The first-order valence-corrected chi connectivity index (χ1v) is 7.33. The van der Waals surface area contributed by atoms with Crippen molar-refractivity contribution in [3.05, 3.63) is 88.1 Å². The van der Waals surface area contributed by atoms with Crippen molar-refractivity contribution in [2.24, 2.45) is 5.18 Å². The molecule has 2 aromatic carbocycles. The first-order valence-electron chi connectivity index (χ1n) is 7.33. The molecule has 0 radical (unpaired) electrons. The van der Waals surface area contributed by atoms with E-state index in [1.807, 2.05) is 0 Å². The third-order valence-electron chi connectivity index (χ3n) is 3.78. The van der Waals surface area contributed by atoms with Crippen molar-refractivity contribution in [1.82, 2.24) is 0 Å². The number of carbonyl (C=O) groups is 1. The average Bonchev–Trinajstić information content (AvgIpc) is 2.62. The zero-order chi connectivity index (χ0) is 18.0. The van der Waals surface area contributed by atoms with Crippen molar-refractivity contribution in [2.45, 2.75) is 0 Å². The van der Waals surface area contributed by atoms with Gasteiger partial charge in [-0.1, -0.05) is 30.3 Å². The van der Waals surface area contributed by atoms with E-state index < -0.39 is 11.5 Å². The Morgan fingerprint density at radius 2 is 1.68 bits per heavy atom. The highest BCUT2D eigenvalue weighted by molar-refractivity contribution is 6.06. The van der Waals surface area contributed by atoms with Crippen LogP contribution in [0.4, 0.5) is 5.69 Å². The highest BCUT2D eigenvalue weighted by atomic mass is 16.3. The smallest absolute Gasteiger partial charge is 0.220 e. The molecule has 124 valence electrons. The molecule has 0 saturated carbocycles. The molecule has 0 atom stereocenters. The van der Waals surface area contributed by atoms with Gasteiger partial charge in [-0.25, -0.2) is 0 Å². The summed E-state index contributed by atoms with van der Waals surface area (Å²) in [6.45, 7) is 0. The van der Waals surface area contributed by atoms with Gasteiger partial charge in [-0.2, -0.15) is 0 Å². The van der Waals surface area contributed by atoms with Gasteiger partial charge in [0.2, 0.25) is 5.78 Å². The van der Waals surface area contributed by atoms with E-state index in [9.17, 15) is 25.0 Å². The fraction of sp³-hybridized carbons (Fsp3) is 0. The molecule has 25 heavy (non-hydrogen) atoms. The highest BCUT2D eigenvalue weighted by Gasteiger charge is 2.19. The Bertz CT molecular complexity index is 970. The maximum atomic E-state index is 11.5. The number of phenolic OH excluding ortho intramolecular Hbond substituents is 2. The first-order chi connectivity index (χ1) is 12.0. The maximum Gasteiger partial charge on any atom is 0.220 e. The largest absolute Gasteiger partial charge is 0.504 e. The van der Waals surface area contributed by atoms with Gasteiger partial charge < -0.3 is 15.3 Å². The second-order valence-electron chi connectivity index (χ2n) is 5.37. The molecule has 1 aliphatic rings. The highest BCUT2D eigenvalue weighted by Crippen LogP contribution is 2.38. The van der Waals surface area contributed by atoms with E-state index >= 15 is 0 Å². The molecule has 3 N–H and O–H groups in total. The minimum absolute atomic E-state index is 0.163. The molecule has 0 heterocycles. The number of rotatable bonds is 3. The van der Waals surface area contributed by atoms with Crippen LogP contribution in [0.25, 0.3) is 5.57 Å². The molecule has 0 fully saturated rings. The number of hydrogen-bond donors (Lipinski definition) is 3. The Labute approximate surface area is 142 Å². The fourth-order valence-corrected chi connectivity index (χ4v) is 2.59. The number of nitrogens with zero attached hydrogens (tertiary/aromatic N) is 1. The van der Waals surface area contributed by atoms with Gasteiger partial charge in [0.05, 0.1) is 0 Å². The number of phenols is 2. The average molecular weight is 335 g/mol. The Morgan fingerprint density at radius 1 is 0.920 bits per heavy atom. The van der Waals surface area contributed by atoms with Gasteiger partial charge in [0.15, 0.2) is 17.3 Å². The first kappa shape index (κ1) is 16.2. The van der Waals surface area contributed by atoms with Crippen molar-refractivity contribution in [3.63, 3.8) is 0 Å². The molecule has 2 aromatic rings. The molecule has 6 heteroatoms. The topological polar surface area (TPSA) is 107 Å². The lowest BCUT2D eigenvalue weighted by Crippen LogP contribution is -2.04. The Kier molecular flexibility index (Phi) is 4.18. The maximum absolute atomic E-state index is 11.5. The molecule has 6 nitrogen and oxygen atoms in total. The molecular formula is C19H13NO5. The van der Waals surface area contributed by atoms with Crippen LogP contribution in [0.2, 0.25) is 0 Å². The Morgan fingerprint density at radius 3 is 2.36 bits per heavy atom. The summed E-state index contributed by atoms with van der Waals surface area (Å²) in [5.74, 6) is -1.59. The predicted octanol–water partition coefficient (Wildman–Crippen LogP) is 3.88. The Hall–Kier alpha value is -3.67. The van der Waals surface area contributed by atoms with Crippen LogP contribution in [0.15, 0.2) is 77.2 Å². The van der Waals surface area contributed by atoms with Crippen molar-refractivity contribution in [1.29, 1.82) is 0 Å². The Balaban J connectivity index is 2.33. The van der Waals surface area contributed by atoms with Gasteiger partial charge in [-0.3, -0.25) is 4.79 Å². The monoisotopic (exact) mass is 335 g/mol. The van der Waals surface area contributed by atoms with Crippen LogP contribution in [0, 0.1) is 4.91 Å². The number of allylic oxidation sites excluding steroid dienone is 4. The molecule has 1 aliphatic carbocycles. The number of nitroso groups, excluding NO2 is 1. The van der Waals surface area contributed by atoms with Gasteiger partial charge in [-0.05, 0) is 52.2 Å². The van der Waals surface area contributed by atoms with Crippen LogP contribution in [0.5, 0.6) is 11.5 Å². The summed E-state index contributed by atoms with van der Waals surface area (Å²) in [5, 5.41) is 32.1. The van der Waals surface area contributed by atoms with Crippen LogP contribution >= 0.6 is 0 Å². The molecule has 0 saturated heterocycles. The van der Waals surface area contributed by atoms with E-state index in [2.05, 4.69) is 5.18 Å². The SMILES string of the molecule is O=Nc1ccccc1/C(=C1\C=CC(=O)C(O)=C1)c1ccc(O)c(O)c1. The summed E-state index contributed by atoms with van der Waals surface area (Å²) >= 11 is 0. The van der Waals surface area contributed by atoms with Crippen LogP contribution in [-0.4, -0.2) is 21.1 Å². The zero-order valence-corrected chi connectivity index (χ0v) is 12.9. The minimum atomic E-state index is -0.529. The van der Waals surface area contributed by atoms with E-state index in [1.165, 1.54) is 36.4 Å². The van der Waals surface area contributed by atoms with E-state index in [1.54, 1.807) is 24.3 Å². The summed E-state index contributed by atoms with van der Waals surface area (Å²) in [6.07, 6.45) is 3.99. The number of ketones is 1. The molecule has 0 unspecified atom stereocenters. The normalized spacial score (nSPS) is 15.7. The zero-order valence-electron chi connectivity index (χ0n) is 12.9.